The number of sulfonamides is 1. The minimum atomic E-state index is -3.33. The van der Waals surface area contributed by atoms with Crippen molar-refractivity contribution in [1.82, 2.24) is 9.21 Å². The lowest BCUT2D eigenvalue weighted by atomic mass is 10.2. The molecule has 3 rings (SSSR count). The van der Waals surface area contributed by atoms with Crippen LogP contribution >= 0.6 is 27.3 Å². The Hall–Kier alpha value is 0.01000. The van der Waals surface area contributed by atoms with E-state index in [-0.39, 0.29) is 0 Å². The molecule has 3 heterocycles. The first-order valence-corrected chi connectivity index (χ1v) is 10.2. The monoisotopic (exact) mass is 394 g/mol. The van der Waals surface area contributed by atoms with Gasteiger partial charge in [0.25, 0.3) is 10.0 Å². The van der Waals surface area contributed by atoms with Crippen molar-refractivity contribution in [2.45, 2.75) is 23.2 Å². The van der Waals surface area contributed by atoms with Crippen molar-refractivity contribution in [2.75, 3.05) is 39.3 Å². The summed E-state index contributed by atoms with van der Waals surface area (Å²) in [4.78, 5) is 2.31. The summed E-state index contributed by atoms with van der Waals surface area (Å²) in [5, 5.41) is 0. The average molecular weight is 395 g/mol. The van der Waals surface area contributed by atoms with E-state index < -0.39 is 10.0 Å². The molecule has 2 saturated heterocycles. The van der Waals surface area contributed by atoms with Gasteiger partial charge in [-0.1, -0.05) is 0 Å². The van der Waals surface area contributed by atoms with E-state index in [2.05, 4.69) is 20.8 Å². The van der Waals surface area contributed by atoms with Crippen LogP contribution in [0.4, 0.5) is 0 Å². The highest BCUT2D eigenvalue weighted by Gasteiger charge is 2.30. The number of rotatable bonds is 4. The average Bonchev–Trinajstić information content (AvgIpc) is 3.11. The van der Waals surface area contributed by atoms with Crippen molar-refractivity contribution in [1.29, 1.82) is 0 Å². The highest BCUT2D eigenvalue weighted by atomic mass is 79.9. The highest BCUT2D eigenvalue weighted by molar-refractivity contribution is 9.11. The summed E-state index contributed by atoms with van der Waals surface area (Å²) >= 11 is 4.59. The van der Waals surface area contributed by atoms with Gasteiger partial charge in [0, 0.05) is 39.3 Å². The summed E-state index contributed by atoms with van der Waals surface area (Å²) in [6.45, 7) is 4.48. The molecular weight excluding hydrogens is 376 g/mol. The van der Waals surface area contributed by atoms with E-state index >= 15 is 0 Å². The van der Waals surface area contributed by atoms with Crippen LogP contribution in [0.3, 0.4) is 0 Å². The Morgan fingerprint density at radius 2 is 2.05 bits per heavy atom. The first-order chi connectivity index (χ1) is 10.1. The standard InChI is InChI=1S/C13H19BrN2O3S2/c14-12-3-4-13(20-12)21(17,18)16-7-5-15(6-8-16)10-11-2-1-9-19-11/h3-4,11H,1-2,5-10H2. The first-order valence-electron chi connectivity index (χ1n) is 7.15. The fraction of sp³-hybridized carbons (Fsp3) is 0.692. The Labute approximate surface area is 138 Å². The number of halogens is 1. The van der Waals surface area contributed by atoms with Gasteiger partial charge in [-0.15, -0.1) is 11.3 Å². The lowest BCUT2D eigenvalue weighted by Crippen LogP contribution is -2.50. The molecule has 118 valence electrons. The van der Waals surface area contributed by atoms with Crippen molar-refractivity contribution < 1.29 is 13.2 Å². The summed E-state index contributed by atoms with van der Waals surface area (Å²) in [7, 11) is -3.33. The number of nitrogens with zero attached hydrogens (tertiary/aromatic N) is 2. The number of thiophene rings is 1. The van der Waals surface area contributed by atoms with Crippen molar-refractivity contribution >= 4 is 37.3 Å². The third-order valence-corrected chi connectivity index (χ3v) is 7.95. The molecule has 2 fully saturated rings. The molecule has 1 unspecified atom stereocenters. The molecule has 0 amide bonds. The molecule has 2 aliphatic heterocycles. The van der Waals surface area contributed by atoms with Crippen molar-refractivity contribution in [2.24, 2.45) is 0 Å². The van der Waals surface area contributed by atoms with Gasteiger partial charge in [0.1, 0.15) is 4.21 Å². The molecule has 0 aliphatic carbocycles. The number of hydrogen-bond donors (Lipinski definition) is 0. The molecule has 1 atom stereocenters. The van der Waals surface area contributed by atoms with Gasteiger partial charge in [-0.25, -0.2) is 8.42 Å². The first kappa shape index (κ1) is 15.9. The lowest BCUT2D eigenvalue weighted by molar-refractivity contribution is 0.0617. The molecule has 2 aliphatic rings. The van der Waals surface area contributed by atoms with Crippen LogP contribution < -0.4 is 0 Å². The summed E-state index contributed by atoms with van der Waals surface area (Å²) in [5.74, 6) is 0. The summed E-state index contributed by atoms with van der Waals surface area (Å²) < 4.78 is 33.6. The second-order valence-electron chi connectivity index (χ2n) is 5.40. The Bertz CT molecular complexity index is 576. The molecule has 21 heavy (non-hydrogen) atoms. The van der Waals surface area contributed by atoms with E-state index in [0.29, 0.717) is 23.4 Å². The Morgan fingerprint density at radius 3 is 2.62 bits per heavy atom. The Morgan fingerprint density at radius 1 is 1.29 bits per heavy atom. The third kappa shape index (κ3) is 3.68. The van der Waals surface area contributed by atoms with E-state index in [0.717, 1.165) is 42.9 Å². The van der Waals surface area contributed by atoms with Crippen LogP contribution in [0.1, 0.15) is 12.8 Å². The zero-order chi connectivity index (χ0) is 14.9. The molecule has 5 nitrogen and oxygen atoms in total. The quantitative estimate of drug-likeness (QED) is 0.783. The maximum atomic E-state index is 12.5. The van der Waals surface area contributed by atoms with Gasteiger partial charge in [0.15, 0.2) is 0 Å². The van der Waals surface area contributed by atoms with E-state index in [1.165, 1.54) is 11.3 Å². The van der Waals surface area contributed by atoms with E-state index in [1.54, 1.807) is 16.4 Å². The molecule has 0 N–H and O–H groups in total. The second kappa shape index (κ2) is 6.64. The molecule has 0 saturated carbocycles. The summed E-state index contributed by atoms with van der Waals surface area (Å²) in [6, 6.07) is 3.45. The predicted octanol–water partition coefficient (Wildman–Crippen LogP) is 2.00. The number of piperazine rings is 1. The maximum absolute atomic E-state index is 12.5. The van der Waals surface area contributed by atoms with Crippen LogP contribution in [-0.4, -0.2) is 63.1 Å². The van der Waals surface area contributed by atoms with Gasteiger partial charge in [-0.05, 0) is 40.9 Å². The van der Waals surface area contributed by atoms with Crippen molar-refractivity contribution in [3.05, 3.63) is 15.9 Å². The van der Waals surface area contributed by atoms with Crippen molar-refractivity contribution in [3.63, 3.8) is 0 Å². The SMILES string of the molecule is O=S(=O)(c1ccc(Br)s1)N1CCN(CC2CCCO2)CC1. The Kier molecular flexibility index (Phi) is 5.02. The fourth-order valence-corrected chi connectivity index (χ4v) is 6.38. The minimum Gasteiger partial charge on any atom is -0.377 e. The Balaban J connectivity index is 1.57. The lowest BCUT2D eigenvalue weighted by Gasteiger charge is -2.34. The van der Waals surface area contributed by atoms with E-state index in [9.17, 15) is 8.42 Å². The minimum absolute atomic E-state index is 0.335. The normalized spacial score (nSPS) is 25.5. The molecule has 0 aromatic carbocycles. The molecule has 0 bridgehead atoms. The van der Waals surface area contributed by atoms with Gasteiger partial charge in [0.2, 0.25) is 0 Å². The largest absolute Gasteiger partial charge is 0.377 e. The third-order valence-electron chi connectivity index (χ3n) is 3.96. The topological polar surface area (TPSA) is 49.9 Å². The van der Waals surface area contributed by atoms with Crippen LogP contribution in [-0.2, 0) is 14.8 Å². The van der Waals surface area contributed by atoms with Crippen LogP contribution in [0.5, 0.6) is 0 Å². The van der Waals surface area contributed by atoms with Crippen LogP contribution in [0.15, 0.2) is 20.1 Å². The van der Waals surface area contributed by atoms with Gasteiger partial charge in [0.05, 0.1) is 9.89 Å². The summed E-state index contributed by atoms with van der Waals surface area (Å²) in [6.07, 6.45) is 2.61. The van der Waals surface area contributed by atoms with E-state index in [1.807, 2.05) is 0 Å². The fourth-order valence-electron chi connectivity index (χ4n) is 2.79. The molecule has 1 aromatic heterocycles. The second-order valence-corrected chi connectivity index (χ2v) is 10.0. The predicted molar refractivity (Wildman–Crippen MR) is 86.2 cm³/mol. The maximum Gasteiger partial charge on any atom is 0.252 e. The zero-order valence-electron chi connectivity index (χ0n) is 11.7. The van der Waals surface area contributed by atoms with Crippen LogP contribution in [0, 0.1) is 0 Å². The van der Waals surface area contributed by atoms with Crippen molar-refractivity contribution in [3.8, 4) is 0 Å². The smallest absolute Gasteiger partial charge is 0.252 e. The number of ether oxygens (including phenoxy) is 1. The van der Waals surface area contributed by atoms with Gasteiger partial charge >= 0.3 is 0 Å². The molecule has 1 aromatic rings. The number of hydrogen-bond acceptors (Lipinski definition) is 5. The summed E-state index contributed by atoms with van der Waals surface area (Å²) in [5.41, 5.74) is 0. The molecule has 0 radical (unpaired) electrons. The van der Waals surface area contributed by atoms with Gasteiger partial charge in [-0.3, -0.25) is 4.90 Å². The zero-order valence-corrected chi connectivity index (χ0v) is 14.9. The molecule has 8 heteroatoms. The highest BCUT2D eigenvalue weighted by Crippen LogP contribution is 2.29. The van der Waals surface area contributed by atoms with Gasteiger partial charge in [-0.2, -0.15) is 4.31 Å². The van der Waals surface area contributed by atoms with Crippen LogP contribution in [0.2, 0.25) is 0 Å². The van der Waals surface area contributed by atoms with Gasteiger partial charge < -0.3 is 4.74 Å². The van der Waals surface area contributed by atoms with Crippen LogP contribution in [0.25, 0.3) is 0 Å². The molecule has 0 spiro atoms. The van der Waals surface area contributed by atoms with E-state index in [4.69, 9.17) is 4.74 Å². The molecular formula is C13H19BrN2O3S2.